The van der Waals surface area contributed by atoms with Gasteiger partial charge in [0.15, 0.2) is 5.65 Å². The van der Waals surface area contributed by atoms with E-state index >= 15 is 0 Å². The van der Waals surface area contributed by atoms with Crippen LogP contribution in [0.2, 0.25) is 0 Å². The molecule has 0 unspecified atom stereocenters. The van der Waals surface area contributed by atoms with Gasteiger partial charge in [0.25, 0.3) is 0 Å². The lowest BCUT2D eigenvalue weighted by molar-refractivity contribution is 1.00. The smallest absolute Gasteiger partial charge is 0.163 e. The lowest BCUT2D eigenvalue weighted by atomic mass is 10.3. The Labute approximate surface area is 83.9 Å². The van der Waals surface area contributed by atoms with Crippen molar-refractivity contribution in [2.75, 3.05) is 0 Å². The summed E-state index contributed by atoms with van der Waals surface area (Å²) in [6.07, 6.45) is 2.04. The average Bonchev–Trinajstić information content (AvgIpc) is 2.33. The van der Waals surface area contributed by atoms with Crippen LogP contribution in [0.5, 0.6) is 0 Å². The summed E-state index contributed by atoms with van der Waals surface area (Å²) in [5.41, 5.74) is 2.12. The van der Waals surface area contributed by atoms with Gasteiger partial charge in [-0.25, -0.2) is 0 Å². The molecule has 0 atom stereocenters. The van der Waals surface area contributed by atoms with Crippen molar-refractivity contribution in [2.24, 2.45) is 0 Å². The zero-order valence-electron chi connectivity index (χ0n) is 6.87. The third-order valence-electron chi connectivity index (χ3n) is 1.83. The molecule has 12 heavy (non-hydrogen) atoms. The topological polar surface area (TPSA) is 30.2 Å². The number of aryl methyl sites for hydroxylation is 2. The van der Waals surface area contributed by atoms with E-state index in [1.54, 1.807) is 0 Å². The van der Waals surface area contributed by atoms with E-state index < -0.39 is 0 Å². The molecule has 0 aliphatic heterocycles. The Morgan fingerprint density at radius 3 is 2.83 bits per heavy atom. The van der Waals surface area contributed by atoms with Gasteiger partial charge in [0.1, 0.15) is 5.82 Å². The zero-order chi connectivity index (χ0) is 8.72. The summed E-state index contributed by atoms with van der Waals surface area (Å²) in [7, 11) is 0. The van der Waals surface area contributed by atoms with E-state index in [1.165, 1.54) is 9.13 Å². The van der Waals surface area contributed by atoms with Gasteiger partial charge in [-0.05, 0) is 48.1 Å². The standard InChI is InChI=1S/C8H8IN3/c1-5-3-7(9)4-12-6(2)10-11-8(5)12/h3-4H,1-2H3. The number of aromatic nitrogens is 3. The molecule has 4 heteroatoms. The fourth-order valence-corrected chi connectivity index (χ4v) is 1.97. The largest absolute Gasteiger partial charge is 0.285 e. The predicted molar refractivity (Wildman–Crippen MR) is 55.2 cm³/mol. The second-order valence-corrected chi connectivity index (χ2v) is 4.03. The molecule has 0 aliphatic rings. The first-order chi connectivity index (χ1) is 5.68. The minimum absolute atomic E-state index is 0.937. The third-order valence-corrected chi connectivity index (χ3v) is 2.42. The molecular weight excluding hydrogens is 265 g/mol. The van der Waals surface area contributed by atoms with Gasteiger partial charge in [-0.15, -0.1) is 10.2 Å². The number of fused-ring (bicyclic) bond motifs is 1. The molecule has 0 N–H and O–H groups in total. The van der Waals surface area contributed by atoms with Crippen LogP contribution in [0.3, 0.4) is 0 Å². The molecule has 2 heterocycles. The highest BCUT2D eigenvalue weighted by atomic mass is 127. The van der Waals surface area contributed by atoms with Gasteiger partial charge in [-0.3, -0.25) is 4.40 Å². The fourth-order valence-electron chi connectivity index (χ4n) is 1.22. The molecule has 0 aromatic carbocycles. The number of rotatable bonds is 0. The first-order valence-electron chi connectivity index (χ1n) is 3.66. The van der Waals surface area contributed by atoms with Crippen molar-refractivity contribution in [3.63, 3.8) is 0 Å². The molecule has 2 aromatic rings. The molecule has 62 valence electrons. The summed E-state index contributed by atoms with van der Waals surface area (Å²) >= 11 is 2.29. The Kier molecular flexibility index (Phi) is 1.79. The molecule has 3 nitrogen and oxygen atoms in total. The molecule has 0 spiro atoms. The average molecular weight is 273 g/mol. The van der Waals surface area contributed by atoms with Crippen molar-refractivity contribution in [1.29, 1.82) is 0 Å². The number of halogens is 1. The van der Waals surface area contributed by atoms with Gasteiger partial charge in [-0.2, -0.15) is 0 Å². The maximum atomic E-state index is 4.07. The first-order valence-corrected chi connectivity index (χ1v) is 4.74. The number of hydrogen-bond donors (Lipinski definition) is 0. The van der Waals surface area contributed by atoms with Crippen LogP contribution < -0.4 is 0 Å². The van der Waals surface area contributed by atoms with Crippen LogP contribution in [0.15, 0.2) is 12.3 Å². The predicted octanol–water partition coefficient (Wildman–Crippen LogP) is 1.95. The second-order valence-electron chi connectivity index (χ2n) is 2.78. The molecule has 0 bridgehead atoms. The minimum atomic E-state index is 0.937. The maximum absolute atomic E-state index is 4.07. The van der Waals surface area contributed by atoms with Crippen LogP contribution in [-0.4, -0.2) is 14.6 Å². The number of hydrogen-bond acceptors (Lipinski definition) is 2. The Balaban J connectivity index is 2.92. The molecule has 2 rings (SSSR count). The molecule has 0 fully saturated rings. The van der Waals surface area contributed by atoms with Gasteiger partial charge in [0.2, 0.25) is 0 Å². The van der Waals surface area contributed by atoms with Crippen molar-refractivity contribution in [1.82, 2.24) is 14.6 Å². The highest BCUT2D eigenvalue weighted by Gasteiger charge is 2.03. The van der Waals surface area contributed by atoms with E-state index in [-0.39, 0.29) is 0 Å². The third kappa shape index (κ3) is 1.10. The van der Waals surface area contributed by atoms with E-state index in [0.29, 0.717) is 0 Å². The van der Waals surface area contributed by atoms with E-state index in [1.807, 2.05) is 24.4 Å². The van der Waals surface area contributed by atoms with Crippen molar-refractivity contribution in [3.8, 4) is 0 Å². The van der Waals surface area contributed by atoms with Crippen LogP contribution in [0.1, 0.15) is 11.4 Å². The summed E-state index contributed by atoms with van der Waals surface area (Å²) in [5.74, 6) is 0.937. The SMILES string of the molecule is Cc1cc(I)cn2c(C)nnc12. The lowest BCUT2D eigenvalue weighted by Crippen LogP contribution is -1.91. The highest BCUT2D eigenvalue weighted by Crippen LogP contribution is 2.13. The maximum Gasteiger partial charge on any atom is 0.163 e. The fraction of sp³-hybridized carbons (Fsp3) is 0.250. The normalized spacial score (nSPS) is 10.9. The lowest BCUT2D eigenvalue weighted by Gasteiger charge is -1.98. The molecule has 2 aromatic heterocycles. The molecule has 0 saturated carbocycles. The van der Waals surface area contributed by atoms with Crippen LogP contribution in [0.25, 0.3) is 5.65 Å². The van der Waals surface area contributed by atoms with Gasteiger partial charge in [-0.1, -0.05) is 0 Å². The zero-order valence-corrected chi connectivity index (χ0v) is 9.03. The van der Waals surface area contributed by atoms with Crippen LogP contribution >= 0.6 is 22.6 Å². The van der Waals surface area contributed by atoms with E-state index in [4.69, 9.17) is 0 Å². The second kappa shape index (κ2) is 2.69. The summed E-state index contributed by atoms with van der Waals surface area (Å²) in [5, 5.41) is 8.08. The van der Waals surface area contributed by atoms with Gasteiger partial charge in [0.05, 0.1) is 0 Å². The Bertz CT molecular complexity index is 433. The highest BCUT2D eigenvalue weighted by molar-refractivity contribution is 14.1. The number of nitrogens with zero attached hydrogens (tertiary/aromatic N) is 3. The Morgan fingerprint density at radius 2 is 2.08 bits per heavy atom. The molecule has 0 saturated heterocycles. The van der Waals surface area contributed by atoms with Crippen molar-refractivity contribution < 1.29 is 0 Å². The van der Waals surface area contributed by atoms with Gasteiger partial charge >= 0.3 is 0 Å². The molecular formula is C8H8IN3. The molecule has 0 amide bonds. The van der Waals surface area contributed by atoms with Crippen molar-refractivity contribution in [3.05, 3.63) is 27.2 Å². The summed E-state index contributed by atoms with van der Waals surface area (Å²) in [6.45, 7) is 4.00. The van der Waals surface area contributed by atoms with E-state index in [9.17, 15) is 0 Å². The first kappa shape index (κ1) is 7.97. The quantitative estimate of drug-likeness (QED) is 0.687. The summed E-state index contributed by atoms with van der Waals surface area (Å²) < 4.78 is 3.22. The Morgan fingerprint density at radius 1 is 1.33 bits per heavy atom. The summed E-state index contributed by atoms with van der Waals surface area (Å²) in [4.78, 5) is 0. The molecule has 0 radical (unpaired) electrons. The summed E-state index contributed by atoms with van der Waals surface area (Å²) in [6, 6.07) is 2.10. The monoisotopic (exact) mass is 273 g/mol. The van der Waals surface area contributed by atoms with Gasteiger partial charge < -0.3 is 0 Å². The van der Waals surface area contributed by atoms with Crippen molar-refractivity contribution >= 4 is 28.2 Å². The Hall–Kier alpha value is -0.650. The van der Waals surface area contributed by atoms with Gasteiger partial charge in [0, 0.05) is 9.77 Å². The van der Waals surface area contributed by atoms with Crippen LogP contribution in [-0.2, 0) is 0 Å². The molecule has 0 aliphatic carbocycles. The number of pyridine rings is 1. The van der Waals surface area contributed by atoms with Crippen LogP contribution in [0, 0.1) is 17.4 Å². The van der Waals surface area contributed by atoms with Crippen LogP contribution in [0.4, 0.5) is 0 Å². The van der Waals surface area contributed by atoms with Crippen molar-refractivity contribution in [2.45, 2.75) is 13.8 Å². The van der Waals surface area contributed by atoms with E-state index in [0.717, 1.165) is 11.5 Å². The minimum Gasteiger partial charge on any atom is -0.285 e. The van der Waals surface area contributed by atoms with E-state index in [2.05, 4.69) is 38.9 Å².